The predicted molar refractivity (Wildman–Crippen MR) is 70.0 cm³/mol. The lowest BCUT2D eigenvalue weighted by atomic mass is 10.1. The molecule has 16 heavy (non-hydrogen) atoms. The smallest absolute Gasteiger partial charge is 0.121 e. The van der Waals surface area contributed by atoms with Gasteiger partial charge in [-0.3, -0.25) is 0 Å². The minimum absolute atomic E-state index is 0.454. The monoisotopic (exact) mass is 222 g/mol. The van der Waals surface area contributed by atoms with Crippen molar-refractivity contribution in [1.29, 1.82) is 0 Å². The van der Waals surface area contributed by atoms with Gasteiger partial charge in [0.1, 0.15) is 5.75 Å². The highest BCUT2D eigenvalue weighted by atomic mass is 16.5. The van der Waals surface area contributed by atoms with Crippen LogP contribution in [0.5, 0.6) is 5.75 Å². The van der Waals surface area contributed by atoms with Gasteiger partial charge >= 0.3 is 0 Å². The highest BCUT2D eigenvalue weighted by Gasteiger charge is 2.05. The summed E-state index contributed by atoms with van der Waals surface area (Å²) >= 11 is 0. The third kappa shape index (κ3) is 3.65. The lowest BCUT2D eigenvalue weighted by molar-refractivity contribution is 0.415. The lowest BCUT2D eigenvalue weighted by Gasteiger charge is -2.16. The van der Waals surface area contributed by atoms with Crippen LogP contribution in [0.2, 0.25) is 0 Å². The Bertz CT molecular complexity index is 326. The van der Waals surface area contributed by atoms with Gasteiger partial charge in [0.15, 0.2) is 0 Å². The van der Waals surface area contributed by atoms with E-state index in [1.165, 1.54) is 19.3 Å². The molecular formula is C13H22N2O. The number of nitrogens with two attached hydrogens (primary N) is 1. The maximum Gasteiger partial charge on any atom is 0.121 e. The first-order valence-corrected chi connectivity index (χ1v) is 5.87. The summed E-state index contributed by atoms with van der Waals surface area (Å²) in [6.07, 6.45) is 3.64. The van der Waals surface area contributed by atoms with Crippen molar-refractivity contribution in [2.24, 2.45) is 0 Å². The molecule has 1 unspecified atom stereocenters. The number of hydrogen-bond acceptors (Lipinski definition) is 3. The Morgan fingerprint density at radius 2 is 2.19 bits per heavy atom. The molecule has 90 valence electrons. The summed E-state index contributed by atoms with van der Waals surface area (Å²) < 4.78 is 5.11. The Morgan fingerprint density at radius 3 is 2.75 bits per heavy atom. The molecule has 0 aromatic heterocycles. The van der Waals surface area contributed by atoms with Crippen molar-refractivity contribution in [3.8, 4) is 5.75 Å². The second kappa shape index (κ2) is 6.26. The van der Waals surface area contributed by atoms with Gasteiger partial charge in [-0.1, -0.05) is 19.8 Å². The van der Waals surface area contributed by atoms with Gasteiger partial charge in [-0.25, -0.2) is 0 Å². The summed E-state index contributed by atoms with van der Waals surface area (Å²) in [5.41, 5.74) is 7.66. The highest BCUT2D eigenvalue weighted by Crippen LogP contribution is 2.25. The molecule has 1 rings (SSSR count). The first-order valence-electron chi connectivity index (χ1n) is 5.87. The molecule has 0 fully saturated rings. The SMILES string of the molecule is CCCCC(C)Nc1ccc(OC)cc1N. The number of rotatable bonds is 6. The quantitative estimate of drug-likeness (QED) is 0.726. The van der Waals surface area contributed by atoms with Crippen molar-refractivity contribution in [1.82, 2.24) is 0 Å². The van der Waals surface area contributed by atoms with Crippen LogP contribution in [-0.4, -0.2) is 13.2 Å². The van der Waals surface area contributed by atoms with Crippen LogP contribution in [0.4, 0.5) is 11.4 Å². The summed E-state index contributed by atoms with van der Waals surface area (Å²) in [6.45, 7) is 4.38. The van der Waals surface area contributed by atoms with Crippen LogP contribution < -0.4 is 15.8 Å². The van der Waals surface area contributed by atoms with Crippen LogP contribution >= 0.6 is 0 Å². The maximum absolute atomic E-state index is 5.93. The number of methoxy groups -OCH3 is 1. The standard InChI is InChI=1S/C13H22N2O/c1-4-5-6-10(2)15-13-8-7-11(16-3)9-12(13)14/h7-10,15H,4-6,14H2,1-3H3. The van der Waals surface area contributed by atoms with Crippen molar-refractivity contribution >= 4 is 11.4 Å². The van der Waals surface area contributed by atoms with E-state index in [1.807, 2.05) is 18.2 Å². The molecule has 0 saturated heterocycles. The van der Waals surface area contributed by atoms with E-state index < -0.39 is 0 Å². The van der Waals surface area contributed by atoms with E-state index in [4.69, 9.17) is 10.5 Å². The Kier molecular flexibility index (Phi) is 4.96. The number of ether oxygens (including phenoxy) is 1. The Morgan fingerprint density at radius 1 is 1.44 bits per heavy atom. The largest absolute Gasteiger partial charge is 0.497 e. The summed E-state index contributed by atoms with van der Waals surface area (Å²) in [5.74, 6) is 0.796. The van der Waals surface area contributed by atoms with Gasteiger partial charge in [0.25, 0.3) is 0 Å². The fourth-order valence-corrected chi connectivity index (χ4v) is 1.65. The van der Waals surface area contributed by atoms with Gasteiger partial charge in [0.05, 0.1) is 18.5 Å². The predicted octanol–water partition coefficient (Wildman–Crippen LogP) is 3.27. The molecule has 3 nitrogen and oxygen atoms in total. The molecule has 0 aliphatic rings. The number of unbranched alkanes of at least 4 members (excludes halogenated alkanes) is 1. The van der Waals surface area contributed by atoms with Crippen molar-refractivity contribution in [3.63, 3.8) is 0 Å². The van der Waals surface area contributed by atoms with Gasteiger partial charge in [0.2, 0.25) is 0 Å². The zero-order chi connectivity index (χ0) is 12.0. The van der Waals surface area contributed by atoms with E-state index in [0.717, 1.165) is 17.1 Å². The second-order valence-electron chi connectivity index (χ2n) is 4.14. The van der Waals surface area contributed by atoms with E-state index in [-0.39, 0.29) is 0 Å². The van der Waals surface area contributed by atoms with Crippen molar-refractivity contribution < 1.29 is 4.74 Å². The van der Waals surface area contributed by atoms with Crippen molar-refractivity contribution in [3.05, 3.63) is 18.2 Å². The number of nitrogen functional groups attached to an aromatic ring is 1. The second-order valence-corrected chi connectivity index (χ2v) is 4.14. The number of benzene rings is 1. The fourth-order valence-electron chi connectivity index (χ4n) is 1.65. The summed E-state index contributed by atoms with van der Waals surface area (Å²) in [5, 5.41) is 3.42. The number of anilines is 2. The van der Waals surface area contributed by atoms with Gasteiger partial charge in [-0.15, -0.1) is 0 Å². The molecule has 3 heteroatoms. The van der Waals surface area contributed by atoms with E-state index in [0.29, 0.717) is 6.04 Å². The average molecular weight is 222 g/mol. The molecule has 0 amide bonds. The summed E-state index contributed by atoms with van der Waals surface area (Å²) in [4.78, 5) is 0. The molecule has 0 bridgehead atoms. The molecule has 0 aliphatic carbocycles. The minimum Gasteiger partial charge on any atom is -0.497 e. The topological polar surface area (TPSA) is 47.3 Å². The molecule has 1 aromatic carbocycles. The Balaban J connectivity index is 2.59. The molecule has 3 N–H and O–H groups in total. The zero-order valence-electron chi connectivity index (χ0n) is 10.4. The molecule has 0 heterocycles. The van der Waals surface area contributed by atoms with E-state index in [9.17, 15) is 0 Å². The highest BCUT2D eigenvalue weighted by molar-refractivity contribution is 5.68. The van der Waals surface area contributed by atoms with Crippen LogP contribution in [0.3, 0.4) is 0 Å². The van der Waals surface area contributed by atoms with Gasteiger partial charge in [-0.05, 0) is 25.5 Å². The molecule has 0 spiro atoms. The van der Waals surface area contributed by atoms with Gasteiger partial charge in [0, 0.05) is 12.1 Å². The van der Waals surface area contributed by atoms with Crippen LogP contribution in [-0.2, 0) is 0 Å². The van der Waals surface area contributed by atoms with E-state index in [2.05, 4.69) is 19.2 Å². The number of nitrogens with one attached hydrogen (secondary N) is 1. The molecule has 1 atom stereocenters. The van der Waals surface area contributed by atoms with Crippen LogP contribution in [0.15, 0.2) is 18.2 Å². The average Bonchev–Trinajstić information content (AvgIpc) is 2.29. The maximum atomic E-state index is 5.93. The van der Waals surface area contributed by atoms with Crippen molar-refractivity contribution in [2.45, 2.75) is 39.2 Å². The normalized spacial score (nSPS) is 12.2. The third-order valence-electron chi connectivity index (χ3n) is 2.65. The molecule has 0 saturated carbocycles. The molecule has 1 aromatic rings. The van der Waals surface area contributed by atoms with E-state index in [1.54, 1.807) is 7.11 Å². The fraction of sp³-hybridized carbons (Fsp3) is 0.538. The summed E-state index contributed by atoms with van der Waals surface area (Å²) in [7, 11) is 1.64. The van der Waals surface area contributed by atoms with Crippen LogP contribution in [0, 0.1) is 0 Å². The molecule has 0 aliphatic heterocycles. The molecular weight excluding hydrogens is 200 g/mol. The van der Waals surface area contributed by atoms with E-state index >= 15 is 0 Å². The minimum atomic E-state index is 0.454. The van der Waals surface area contributed by atoms with Gasteiger partial charge in [-0.2, -0.15) is 0 Å². The van der Waals surface area contributed by atoms with Crippen LogP contribution in [0.1, 0.15) is 33.1 Å². The van der Waals surface area contributed by atoms with Crippen LogP contribution in [0.25, 0.3) is 0 Å². The first-order chi connectivity index (χ1) is 7.67. The number of hydrogen-bond donors (Lipinski definition) is 2. The zero-order valence-corrected chi connectivity index (χ0v) is 10.4. The van der Waals surface area contributed by atoms with Crippen molar-refractivity contribution in [2.75, 3.05) is 18.2 Å². The Labute approximate surface area is 98.0 Å². The third-order valence-corrected chi connectivity index (χ3v) is 2.65. The summed E-state index contributed by atoms with van der Waals surface area (Å²) in [6, 6.07) is 6.19. The lowest BCUT2D eigenvalue weighted by Crippen LogP contribution is -2.15. The first kappa shape index (κ1) is 12.7. The Hall–Kier alpha value is -1.38. The molecule has 0 radical (unpaired) electrons. The van der Waals surface area contributed by atoms with Gasteiger partial charge < -0.3 is 15.8 Å².